The van der Waals surface area contributed by atoms with E-state index in [-0.39, 0.29) is 18.3 Å². The van der Waals surface area contributed by atoms with Crippen LogP contribution in [0.1, 0.15) is 10.4 Å². The third-order valence-corrected chi connectivity index (χ3v) is 6.14. The summed E-state index contributed by atoms with van der Waals surface area (Å²) in [7, 11) is 0. The lowest BCUT2D eigenvalue weighted by Gasteiger charge is -2.29. The van der Waals surface area contributed by atoms with Gasteiger partial charge in [0.25, 0.3) is 5.91 Å². The van der Waals surface area contributed by atoms with Crippen LogP contribution in [0.5, 0.6) is 0 Å². The van der Waals surface area contributed by atoms with E-state index in [0.29, 0.717) is 27.3 Å². The molecular weight excluding hydrogens is 453 g/mol. The summed E-state index contributed by atoms with van der Waals surface area (Å²) in [4.78, 5) is 22.0. The molecule has 0 N–H and O–H groups in total. The van der Waals surface area contributed by atoms with Gasteiger partial charge in [-0.25, -0.2) is 4.98 Å². The van der Waals surface area contributed by atoms with E-state index in [4.69, 9.17) is 27.9 Å². The first-order chi connectivity index (χ1) is 13.6. The van der Waals surface area contributed by atoms with E-state index >= 15 is 0 Å². The van der Waals surface area contributed by atoms with Crippen molar-refractivity contribution in [3.8, 4) is 0 Å². The first-order valence-electron chi connectivity index (χ1n) is 9.04. The van der Waals surface area contributed by atoms with Crippen LogP contribution >= 0.6 is 46.9 Å². The summed E-state index contributed by atoms with van der Waals surface area (Å²) in [6, 6.07) is 12.6. The molecule has 0 saturated carbocycles. The van der Waals surface area contributed by atoms with E-state index in [0.717, 1.165) is 43.1 Å². The number of ether oxygens (including phenoxy) is 1. The minimum atomic E-state index is -0.110. The Labute approximate surface area is 189 Å². The van der Waals surface area contributed by atoms with E-state index in [2.05, 4.69) is 9.88 Å². The van der Waals surface area contributed by atoms with E-state index < -0.39 is 0 Å². The topological polar surface area (TPSA) is 45.7 Å². The molecule has 5 nitrogen and oxygen atoms in total. The Morgan fingerprint density at radius 2 is 1.90 bits per heavy atom. The van der Waals surface area contributed by atoms with E-state index in [1.807, 2.05) is 18.2 Å². The molecule has 2 aromatic carbocycles. The summed E-state index contributed by atoms with van der Waals surface area (Å²) < 4.78 is 6.37. The molecule has 0 atom stereocenters. The Morgan fingerprint density at radius 1 is 1.14 bits per heavy atom. The normalized spacial score (nSPS) is 14.6. The van der Waals surface area contributed by atoms with E-state index in [1.165, 1.54) is 11.3 Å². The van der Waals surface area contributed by atoms with Crippen molar-refractivity contribution in [1.29, 1.82) is 0 Å². The van der Waals surface area contributed by atoms with Gasteiger partial charge in [-0.15, -0.1) is 12.4 Å². The molecular formula is C20H20Cl3N3O2S. The lowest BCUT2D eigenvalue weighted by atomic mass is 10.2. The second-order valence-corrected chi connectivity index (χ2v) is 8.41. The second kappa shape index (κ2) is 10.1. The molecule has 0 spiro atoms. The molecule has 2 heterocycles. The Kier molecular flexibility index (Phi) is 7.73. The second-order valence-electron chi connectivity index (χ2n) is 6.53. The van der Waals surface area contributed by atoms with Crippen molar-refractivity contribution in [2.75, 3.05) is 44.3 Å². The number of rotatable bonds is 5. The minimum Gasteiger partial charge on any atom is -0.379 e. The summed E-state index contributed by atoms with van der Waals surface area (Å²) in [5.41, 5.74) is 1.38. The summed E-state index contributed by atoms with van der Waals surface area (Å²) >= 11 is 13.7. The third-order valence-electron chi connectivity index (χ3n) is 4.63. The summed E-state index contributed by atoms with van der Waals surface area (Å²) in [5.74, 6) is -0.110. The highest BCUT2D eigenvalue weighted by Crippen LogP contribution is 2.31. The zero-order valence-electron chi connectivity index (χ0n) is 15.5. The molecule has 0 unspecified atom stereocenters. The Hall–Kier alpha value is -1.41. The maximum absolute atomic E-state index is 13.3. The molecule has 0 radical (unpaired) electrons. The molecule has 1 aliphatic rings. The van der Waals surface area contributed by atoms with Gasteiger partial charge in [0.2, 0.25) is 0 Å². The number of fused-ring (bicyclic) bond motifs is 1. The van der Waals surface area contributed by atoms with E-state index in [9.17, 15) is 4.79 Å². The van der Waals surface area contributed by atoms with Crippen molar-refractivity contribution < 1.29 is 9.53 Å². The first-order valence-corrected chi connectivity index (χ1v) is 10.6. The van der Waals surface area contributed by atoms with Crippen LogP contribution < -0.4 is 4.90 Å². The standard InChI is InChI=1S/C20H19Cl2N3O2S.ClH/c21-15-3-1-2-14(12-15)19(26)25(7-6-24-8-10-27-11-9-24)20-23-17-5-4-16(22)13-18(17)28-20;/h1-5,12-13H,6-11H2;1H. The number of aromatic nitrogens is 1. The zero-order chi connectivity index (χ0) is 19.5. The summed E-state index contributed by atoms with van der Waals surface area (Å²) in [6.07, 6.45) is 0. The number of nitrogens with zero attached hydrogens (tertiary/aromatic N) is 3. The quantitative estimate of drug-likeness (QED) is 0.524. The molecule has 4 rings (SSSR count). The highest BCUT2D eigenvalue weighted by atomic mass is 35.5. The van der Waals surface area contributed by atoms with Crippen LogP contribution in [0.2, 0.25) is 10.0 Å². The summed E-state index contributed by atoms with van der Waals surface area (Å²) in [6.45, 7) is 4.48. The highest BCUT2D eigenvalue weighted by Gasteiger charge is 2.23. The van der Waals surface area contributed by atoms with Crippen LogP contribution in [0.15, 0.2) is 42.5 Å². The summed E-state index contributed by atoms with van der Waals surface area (Å²) in [5, 5.41) is 1.86. The Balaban J connectivity index is 0.00000240. The molecule has 29 heavy (non-hydrogen) atoms. The molecule has 3 aromatic rings. The van der Waals surface area contributed by atoms with Crippen LogP contribution in [0.25, 0.3) is 10.2 Å². The average Bonchev–Trinajstić information content (AvgIpc) is 3.11. The Morgan fingerprint density at radius 3 is 2.66 bits per heavy atom. The van der Waals surface area contributed by atoms with Crippen molar-refractivity contribution in [3.63, 3.8) is 0 Å². The first kappa shape index (κ1) is 22.3. The SMILES string of the molecule is Cl.O=C(c1cccc(Cl)c1)N(CCN1CCOCC1)c1nc2ccc(Cl)cc2s1. The van der Waals surface area contributed by atoms with Gasteiger partial charge in [0.05, 0.1) is 23.4 Å². The number of halogens is 3. The Bertz CT molecular complexity index is 992. The smallest absolute Gasteiger partial charge is 0.260 e. The number of anilines is 1. The number of amides is 1. The van der Waals surface area contributed by atoms with Gasteiger partial charge < -0.3 is 4.74 Å². The number of thiazole rings is 1. The van der Waals surface area contributed by atoms with Gasteiger partial charge in [0.15, 0.2) is 5.13 Å². The van der Waals surface area contributed by atoms with Gasteiger partial charge in [0, 0.05) is 41.8 Å². The van der Waals surface area contributed by atoms with Crippen molar-refractivity contribution >= 4 is 68.2 Å². The molecule has 1 fully saturated rings. The number of carbonyl (C=O) groups excluding carboxylic acids is 1. The zero-order valence-corrected chi connectivity index (χ0v) is 18.7. The fourth-order valence-corrected chi connectivity index (χ4v) is 4.59. The molecule has 1 aliphatic heterocycles. The fourth-order valence-electron chi connectivity index (χ4n) is 3.13. The lowest BCUT2D eigenvalue weighted by molar-refractivity contribution is 0.0391. The molecule has 0 bridgehead atoms. The predicted molar refractivity (Wildman–Crippen MR) is 122 cm³/mol. The average molecular weight is 473 g/mol. The third kappa shape index (κ3) is 5.40. The van der Waals surface area contributed by atoms with Crippen molar-refractivity contribution in [2.24, 2.45) is 0 Å². The van der Waals surface area contributed by atoms with Crippen LogP contribution in [0.4, 0.5) is 5.13 Å². The lowest BCUT2D eigenvalue weighted by Crippen LogP contribution is -2.43. The number of hydrogen-bond donors (Lipinski definition) is 0. The highest BCUT2D eigenvalue weighted by molar-refractivity contribution is 7.22. The molecule has 0 aliphatic carbocycles. The van der Waals surface area contributed by atoms with Crippen LogP contribution in [0, 0.1) is 0 Å². The van der Waals surface area contributed by atoms with Crippen molar-refractivity contribution in [3.05, 3.63) is 58.1 Å². The van der Waals surface area contributed by atoms with Crippen LogP contribution in [0.3, 0.4) is 0 Å². The molecule has 9 heteroatoms. The maximum Gasteiger partial charge on any atom is 0.260 e. The van der Waals surface area contributed by atoms with E-state index in [1.54, 1.807) is 29.2 Å². The van der Waals surface area contributed by atoms with Gasteiger partial charge in [-0.05, 0) is 36.4 Å². The van der Waals surface area contributed by atoms with Gasteiger partial charge in [-0.1, -0.05) is 40.6 Å². The van der Waals surface area contributed by atoms with Gasteiger partial charge in [-0.3, -0.25) is 14.6 Å². The van der Waals surface area contributed by atoms with Crippen molar-refractivity contribution in [2.45, 2.75) is 0 Å². The number of carbonyl (C=O) groups is 1. The number of morpholine rings is 1. The fraction of sp³-hybridized carbons (Fsp3) is 0.300. The monoisotopic (exact) mass is 471 g/mol. The van der Waals surface area contributed by atoms with Crippen LogP contribution in [-0.2, 0) is 4.74 Å². The van der Waals surface area contributed by atoms with Gasteiger partial charge in [-0.2, -0.15) is 0 Å². The largest absolute Gasteiger partial charge is 0.379 e. The molecule has 1 amide bonds. The van der Waals surface area contributed by atoms with Crippen molar-refractivity contribution in [1.82, 2.24) is 9.88 Å². The molecule has 1 aromatic heterocycles. The molecule has 1 saturated heterocycles. The number of benzene rings is 2. The minimum absolute atomic E-state index is 0. The maximum atomic E-state index is 13.3. The molecule has 154 valence electrons. The van der Waals surface area contributed by atoms with Gasteiger partial charge in [0.1, 0.15) is 0 Å². The van der Waals surface area contributed by atoms with Crippen LogP contribution in [-0.4, -0.2) is 55.2 Å². The van der Waals surface area contributed by atoms with Gasteiger partial charge >= 0.3 is 0 Å². The predicted octanol–water partition coefficient (Wildman–Crippen LogP) is 5.00. The number of hydrogen-bond acceptors (Lipinski definition) is 5.